The first-order chi connectivity index (χ1) is 7.96. The molecular weight excluding hydrogens is 253 g/mol. The summed E-state index contributed by atoms with van der Waals surface area (Å²) in [5.41, 5.74) is 0.926. The maximum Gasteiger partial charge on any atom is 0.411 e. The smallest absolute Gasteiger partial charge is 0.365 e. The first kappa shape index (κ1) is 14.4. The van der Waals surface area contributed by atoms with Crippen molar-refractivity contribution in [2.24, 2.45) is 0 Å². The van der Waals surface area contributed by atoms with Crippen LogP contribution in [0.15, 0.2) is 0 Å². The van der Waals surface area contributed by atoms with Gasteiger partial charge in [-0.15, -0.1) is 11.3 Å². The van der Waals surface area contributed by atoms with Crippen LogP contribution in [0.25, 0.3) is 0 Å². The van der Waals surface area contributed by atoms with Crippen LogP contribution in [-0.4, -0.2) is 24.8 Å². The Bertz CT molecular complexity index is 352. The molecule has 7 heteroatoms. The van der Waals surface area contributed by atoms with E-state index in [1.807, 2.05) is 14.0 Å². The lowest BCUT2D eigenvalue weighted by atomic mass is 10.3. The van der Waals surface area contributed by atoms with Crippen molar-refractivity contribution in [3.05, 3.63) is 15.6 Å². The Labute approximate surface area is 102 Å². The molecule has 0 bridgehead atoms. The van der Waals surface area contributed by atoms with E-state index < -0.39 is 12.8 Å². The number of hydrogen-bond donors (Lipinski definition) is 1. The first-order valence-corrected chi connectivity index (χ1v) is 6.04. The molecule has 17 heavy (non-hydrogen) atoms. The maximum atomic E-state index is 11.9. The number of nitrogens with one attached hydrogen (secondary N) is 1. The van der Waals surface area contributed by atoms with Crippen LogP contribution < -0.4 is 5.32 Å². The van der Waals surface area contributed by atoms with Crippen LogP contribution >= 0.6 is 11.3 Å². The summed E-state index contributed by atoms with van der Waals surface area (Å²) >= 11 is 1.39. The maximum absolute atomic E-state index is 11.9. The van der Waals surface area contributed by atoms with Gasteiger partial charge in [-0.2, -0.15) is 13.2 Å². The van der Waals surface area contributed by atoms with Gasteiger partial charge in [-0.3, -0.25) is 0 Å². The van der Waals surface area contributed by atoms with E-state index in [1.165, 1.54) is 11.3 Å². The van der Waals surface area contributed by atoms with E-state index >= 15 is 0 Å². The molecule has 0 saturated heterocycles. The van der Waals surface area contributed by atoms with E-state index in [9.17, 15) is 13.2 Å². The van der Waals surface area contributed by atoms with Crippen LogP contribution in [0.2, 0.25) is 0 Å². The fourth-order valence-electron chi connectivity index (χ4n) is 1.33. The molecule has 0 atom stereocenters. The number of hydrogen-bond acceptors (Lipinski definition) is 4. The van der Waals surface area contributed by atoms with Crippen molar-refractivity contribution in [2.75, 3.05) is 13.7 Å². The van der Waals surface area contributed by atoms with Crippen molar-refractivity contribution in [2.45, 2.75) is 32.7 Å². The highest BCUT2D eigenvalue weighted by Gasteiger charge is 2.27. The minimum Gasteiger partial charge on any atom is -0.365 e. The highest BCUT2D eigenvalue weighted by molar-refractivity contribution is 7.11. The number of alkyl halides is 3. The van der Waals surface area contributed by atoms with Crippen molar-refractivity contribution in [1.29, 1.82) is 0 Å². The van der Waals surface area contributed by atoms with E-state index in [4.69, 9.17) is 0 Å². The molecule has 98 valence electrons. The molecule has 0 aromatic carbocycles. The second-order valence-electron chi connectivity index (χ2n) is 3.47. The number of halogens is 3. The summed E-state index contributed by atoms with van der Waals surface area (Å²) in [6.45, 7) is 1.34. The molecular formula is C10H15F3N2OS. The molecule has 0 saturated carbocycles. The van der Waals surface area contributed by atoms with Gasteiger partial charge in [0.05, 0.1) is 12.3 Å². The molecule has 1 aromatic heterocycles. The summed E-state index contributed by atoms with van der Waals surface area (Å²) in [6, 6.07) is 0. The van der Waals surface area contributed by atoms with Crippen molar-refractivity contribution < 1.29 is 17.9 Å². The highest BCUT2D eigenvalue weighted by Crippen LogP contribution is 2.21. The van der Waals surface area contributed by atoms with Crippen LogP contribution in [0.3, 0.4) is 0 Å². The third kappa shape index (κ3) is 5.01. The van der Waals surface area contributed by atoms with Gasteiger partial charge in [0.25, 0.3) is 0 Å². The minimum atomic E-state index is -4.28. The Balaban J connectivity index is 2.54. The van der Waals surface area contributed by atoms with E-state index in [-0.39, 0.29) is 6.61 Å². The molecule has 0 spiro atoms. The summed E-state index contributed by atoms with van der Waals surface area (Å²) in [4.78, 5) is 5.31. The van der Waals surface area contributed by atoms with Gasteiger partial charge in [-0.1, -0.05) is 6.92 Å². The number of thiazole rings is 1. The number of aromatic nitrogens is 1. The van der Waals surface area contributed by atoms with Crippen LogP contribution in [-0.2, 0) is 24.3 Å². The Morgan fingerprint density at radius 3 is 2.65 bits per heavy atom. The summed E-state index contributed by atoms with van der Waals surface area (Å²) in [6.07, 6.45) is -3.51. The largest absolute Gasteiger partial charge is 0.411 e. The predicted molar refractivity (Wildman–Crippen MR) is 60.0 cm³/mol. The number of aryl methyl sites for hydroxylation is 1. The van der Waals surface area contributed by atoms with Crippen molar-refractivity contribution in [3.8, 4) is 0 Å². The standard InChI is InChI=1S/C10H15F3N2OS/c1-3-7-8(4-14-2)17-9(15-7)5-16-6-10(11,12)13/h14H,3-6H2,1-2H3. The molecule has 0 amide bonds. The second kappa shape index (κ2) is 6.32. The SMILES string of the molecule is CCc1nc(COCC(F)(F)F)sc1CNC. The minimum absolute atomic E-state index is 0.0824. The van der Waals surface area contributed by atoms with Gasteiger partial charge in [0.1, 0.15) is 11.6 Å². The average molecular weight is 268 g/mol. The van der Waals surface area contributed by atoms with Gasteiger partial charge in [-0.05, 0) is 13.5 Å². The van der Waals surface area contributed by atoms with Gasteiger partial charge < -0.3 is 10.1 Å². The molecule has 1 heterocycles. The topological polar surface area (TPSA) is 34.1 Å². The van der Waals surface area contributed by atoms with Crippen molar-refractivity contribution >= 4 is 11.3 Å². The summed E-state index contributed by atoms with van der Waals surface area (Å²) in [5, 5.41) is 3.60. The van der Waals surface area contributed by atoms with Gasteiger partial charge in [-0.25, -0.2) is 4.98 Å². The molecule has 1 N–H and O–H groups in total. The zero-order chi connectivity index (χ0) is 12.9. The number of ether oxygens (including phenoxy) is 1. The Morgan fingerprint density at radius 1 is 1.41 bits per heavy atom. The van der Waals surface area contributed by atoms with Gasteiger partial charge in [0, 0.05) is 11.4 Å². The predicted octanol–water partition coefficient (Wildman–Crippen LogP) is 2.50. The van der Waals surface area contributed by atoms with Gasteiger partial charge >= 0.3 is 6.18 Å². The third-order valence-corrected chi connectivity index (χ3v) is 3.06. The van der Waals surface area contributed by atoms with Gasteiger partial charge in [0.2, 0.25) is 0 Å². The fraction of sp³-hybridized carbons (Fsp3) is 0.700. The zero-order valence-corrected chi connectivity index (χ0v) is 10.5. The number of nitrogens with zero attached hydrogens (tertiary/aromatic N) is 1. The normalized spacial score (nSPS) is 12.1. The lowest BCUT2D eigenvalue weighted by molar-refractivity contribution is -0.176. The Kier molecular flexibility index (Phi) is 5.35. The molecule has 0 unspecified atom stereocenters. The quantitative estimate of drug-likeness (QED) is 0.860. The monoisotopic (exact) mass is 268 g/mol. The molecule has 0 aliphatic carbocycles. The van der Waals surface area contributed by atoms with E-state index in [1.54, 1.807) is 0 Å². The zero-order valence-electron chi connectivity index (χ0n) is 9.73. The van der Waals surface area contributed by atoms with Crippen molar-refractivity contribution in [3.63, 3.8) is 0 Å². The van der Waals surface area contributed by atoms with E-state index in [0.717, 1.165) is 17.0 Å². The Morgan fingerprint density at radius 2 is 2.12 bits per heavy atom. The lowest BCUT2D eigenvalue weighted by Gasteiger charge is -2.05. The van der Waals surface area contributed by atoms with Crippen LogP contribution in [0.4, 0.5) is 13.2 Å². The second-order valence-corrected chi connectivity index (χ2v) is 4.64. The van der Waals surface area contributed by atoms with Crippen LogP contribution in [0.5, 0.6) is 0 Å². The Hall–Kier alpha value is -0.660. The first-order valence-electron chi connectivity index (χ1n) is 5.22. The molecule has 0 aliphatic rings. The van der Waals surface area contributed by atoms with Crippen molar-refractivity contribution in [1.82, 2.24) is 10.3 Å². The highest BCUT2D eigenvalue weighted by atomic mass is 32.1. The molecule has 3 nitrogen and oxygen atoms in total. The van der Waals surface area contributed by atoms with Gasteiger partial charge in [0.15, 0.2) is 0 Å². The van der Waals surface area contributed by atoms with Crippen LogP contribution in [0.1, 0.15) is 22.5 Å². The molecule has 0 fully saturated rings. The molecule has 0 aliphatic heterocycles. The summed E-state index contributed by atoms with van der Waals surface area (Å²) in [5.74, 6) is 0. The number of rotatable bonds is 6. The molecule has 1 rings (SSSR count). The third-order valence-electron chi connectivity index (χ3n) is 1.99. The average Bonchev–Trinajstić information content (AvgIpc) is 2.59. The summed E-state index contributed by atoms with van der Waals surface area (Å²) < 4.78 is 40.2. The molecule has 0 radical (unpaired) electrons. The fourth-order valence-corrected chi connectivity index (χ4v) is 2.43. The van der Waals surface area contributed by atoms with E-state index in [2.05, 4.69) is 15.0 Å². The summed E-state index contributed by atoms with van der Waals surface area (Å²) in [7, 11) is 1.82. The molecule has 1 aromatic rings. The lowest BCUT2D eigenvalue weighted by Crippen LogP contribution is -2.16. The van der Waals surface area contributed by atoms with Crippen LogP contribution in [0, 0.1) is 0 Å². The van der Waals surface area contributed by atoms with E-state index in [0.29, 0.717) is 11.6 Å².